The maximum Gasteiger partial charge on any atom is 0.234 e. The fraction of sp³-hybridized carbons (Fsp3) is 0.450. The maximum atomic E-state index is 12.1. The smallest absolute Gasteiger partial charge is 0.234 e. The molecule has 1 aromatic heterocycles. The average Bonchev–Trinajstić information content (AvgIpc) is 3.34. The summed E-state index contributed by atoms with van der Waals surface area (Å²) in [5, 5.41) is 5.10. The van der Waals surface area contributed by atoms with Crippen LogP contribution in [0, 0.1) is 0 Å². The Balaban J connectivity index is 1.16. The third-order valence-electron chi connectivity index (χ3n) is 4.95. The first-order valence-electron chi connectivity index (χ1n) is 9.38. The van der Waals surface area contributed by atoms with Gasteiger partial charge in [0.2, 0.25) is 12.7 Å². The van der Waals surface area contributed by atoms with Gasteiger partial charge in [-0.1, -0.05) is 12.1 Å². The number of amides is 1. The van der Waals surface area contributed by atoms with Crippen LogP contribution >= 0.6 is 11.3 Å². The van der Waals surface area contributed by atoms with Gasteiger partial charge in [0.05, 0.1) is 6.54 Å². The molecule has 1 amide bonds. The number of thiophene rings is 1. The Morgan fingerprint density at radius 3 is 2.70 bits per heavy atom. The number of carbonyl (C=O) groups is 1. The number of ether oxygens (including phenoxy) is 2. The molecular formula is C20H25N3O3S. The summed E-state index contributed by atoms with van der Waals surface area (Å²) < 4.78 is 10.8. The second kappa shape index (κ2) is 8.73. The Kier molecular flexibility index (Phi) is 5.91. The minimum atomic E-state index is 0.121. The van der Waals surface area contributed by atoms with Crippen molar-refractivity contribution in [2.24, 2.45) is 0 Å². The lowest BCUT2D eigenvalue weighted by molar-refractivity contribution is -0.122. The van der Waals surface area contributed by atoms with Gasteiger partial charge in [-0.15, -0.1) is 11.3 Å². The van der Waals surface area contributed by atoms with E-state index in [9.17, 15) is 4.79 Å². The molecule has 0 saturated carbocycles. The molecule has 2 aromatic rings. The molecule has 27 heavy (non-hydrogen) atoms. The predicted molar refractivity (Wildman–Crippen MR) is 105 cm³/mol. The minimum Gasteiger partial charge on any atom is -0.454 e. The number of hydrogen-bond donors (Lipinski definition) is 1. The van der Waals surface area contributed by atoms with Crippen LogP contribution in [0.4, 0.5) is 0 Å². The molecule has 144 valence electrons. The third-order valence-corrected chi connectivity index (χ3v) is 5.89. The van der Waals surface area contributed by atoms with E-state index in [-0.39, 0.29) is 5.91 Å². The van der Waals surface area contributed by atoms with Gasteiger partial charge in [0, 0.05) is 44.1 Å². The summed E-state index contributed by atoms with van der Waals surface area (Å²) >= 11 is 1.74. The summed E-state index contributed by atoms with van der Waals surface area (Å²) in [7, 11) is 0. The summed E-state index contributed by atoms with van der Waals surface area (Å²) in [4.78, 5) is 18.1. The van der Waals surface area contributed by atoms with Crippen molar-refractivity contribution in [1.29, 1.82) is 0 Å². The van der Waals surface area contributed by atoms with E-state index >= 15 is 0 Å². The van der Waals surface area contributed by atoms with Crippen molar-refractivity contribution in [3.8, 4) is 11.5 Å². The molecule has 6 nitrogen and oxygen atoms in total. The van der Waals surface area contributed by atoms with Crippen LogP contribution < -0.4 is 14.8 Å². The number of rotatable bonds is 7. The molecule has 1 aromatic carbocycles. The van der Waals surface area contributed by atoms with Crippen molar-refractivity contribution in [2.75, 3.05) is 46.1 Å². The number of nitrogens with one attached hydrogen (secondary N) is 1. The van der Waals surface area contributed by atoms with Crippen LogP contribution in [-0.4, -0.2) is 61.8 Å². The van der Waals surface area contributed by atoms with Crippen LogP contribution in [0.1, 0.15) is 10.4 Å². The fourth-order valence-electron chi connectivity index (χ4n) is 3.44. The van der Waals surface area contributed by atoms with E-state index in [4.69, 9.17) is 9.47 Å². The van der Waals surface area contributed by atoms with Crippen LogP contribution in [-0.2, 0) is 17.8 Å². The average molecular weight is 388 g/mol. The normalized spacial score (nSPS) is 17.2. The Bertz CT molecular complexity index is 758. The highest BCUT2D eigenvalue weighted by atomic mass is 32.1. The second-order valence-corrected chi connectivity index (χ2v) is 7.95. The van der Waals surface area contributed by atoms with Crippen LogP contribution in [0.5, 0.6) is 11.5 Å². The van der Waals surface area contributed by atoms with Crippen LogP contribution in [0.3, 0.4) is 0 Å². The monoisotopic (exact) mass is 387 g/mol. The molecule has 0 aliphatic carbocycles. The molecule has 0 radical (unpaired) electrons. The first-order chi connectivity index (χ1) is 13.3. The maximum absolute atomic E-state index is 12.1. The van der Waals surface area contributed by atoms with E-state index in [1.807, 2.05) is 12.1 Å². The van der Waals surface area contributed by atoms with Gasteiger partial charge in [-0.25, -0.2) is 0 Å². The zero-order valence-corrected chi connectivity index (χ0v) is 16.2. The highest BCUT2D eigenvalue weighted by molar-refractivity contribution is 7.09. The van der Waals surface area contributed by atoms with Crippen molar-refractivity contribution in [3.05, 3.63) is 46.2 Å². The molecule has 2 aliphatic rings. The largest absolute Gasteiger partial charge is 0.454 e. The zero-order valence-electron chi connectivity index (χ0n) is 15.4. The molecule has 1 fully saturated rings. The molecule has 0 unspecified atom stereocenters. The van der Waals surface area contributed by atoms with Gasteiger partial charge in [0.1, 0.15) is 0 Å². The van der Waals surface area contributed by atoms with Gasteiger partial charge in [-0.2, -0.15) is 0 Å². The molecule has 1 N–H and O–H groups in total. The first kappa shape index (κ1) is 18.3. The van der Waals surface area contributed by atoms with Crippen LogP contribution in [0.25, 0.3) is 0 Å². The Morgan fingerprint density at radius 1 is 1.07 bits per heavy atom. The van der Waals surface area contributed by atoms with Gasteiger partial charge in [-0.3, -0.25) is 14.6 Å². The number of benzene rings is 1. The minimum absolute atomic E-state index is 0.121. The highest BCUT2D eigenvalue weighted by Gasteiger charge is 2.20. The van der Waals surface area contributed by atoms with Gasteiger partial charge in [-0.05, 0) is 35.6 Å². The first-order valence-corrected chi connectivity index (χ1v) is 10.3. The molecule has 4 rings (SSSR count). The van der Waals surface area contributed by atoms with Gasteiger partial charge < -0.3 is 14.8 Å². The summed E-state index contributed by atoms with van der Waals surface area (Å²) in [6, 6.07) is 10.3. The summed E-state index contributed by atoms with van der Waals surface area (Å²) in [5.41, 5.74) is 1.24. The number of carbonyl (C=O) groups excluding carboxylic acids is 1. The van der Waals surface area contributed by atoms with Crippen LogP contribution in [0.15, 0.2) is 35.7 Å². The van der Waals surface area contributed by atoms with E-state index in [0.717, 1.165) is 50.6 Å². The fourth-order valence-corrected chi connectivity index (χ4v) is 4.15. The highest BCUT2D eigenvalue weighted by Crippen LogP contribution is 2.32. The summed E-state index contributed by atoms with van der Waals surface area (Å²) in [6.45, 7) is 6.19. The molecule has 0 spiro atoms. The SMILES string of the molecule is O=C(CN1CCN(Cc2ccc3c(c2)OCO3)CC1)NCCc1cccs1. The molecule has 0 bridgehead atoms. The second-order valence-electron chi connectivity index (χ2n) is 6.92. The quantitative estimate of drug-likeness (QED) is 0.787. The third kappa shape index (κ3) is 5.00. The van der Waals surface area contributed by atoms with E-state index in [0.29, 0.717) is 19.9 Å². The molecule has 1 saturated heterocycles. The lowest BCUT2D eigenvalue weighted by Gasteiger charge is -2.34. The van der Waals surface area contributed by atoms with Crippen molar-refractivity contribution in [2.45, 2.75) is 13.0 Å². The number of fused-ring (bicyclic) bond motifs is 1. The van der Waals surface area contributed by atoms with Crippen molar-refractivity contribution in [1.82, 2.24) is 15.1 Å². The van der Waals surface area contributed by atoms with E-state index in [1.54, 1.807) is 11.3 Å². The molecule has 0 atom stereocenters. The molecule has 2 aliphatic heterocycles. The lowest BCUT2D eigenvalue weighted by atomic mass is 10.1. The summed E-state index contributed by atoms with van der Waals surface area (Å²) in [6.07, 6.45) is 0.909. The van der Waals surface area contributed by atoms with Crippen molar-refractivity contribution in [3.63, 3.8) is 0 Å². The zero-order chi connectivity index (χ0) is 18.5. The Hall–Kier alpha value is -2.09. The van der Waals surface area contributed by atoms with E-state index < -0.39 is 0 Å². The van der Waals surface area contributed by atoms with Gasteiger partial charge >= 0.3 is 0 Å². The molecular weight excluding hydrogens is 362 g/mol. The summed E-state index contributed by atoms with van der Waals surface area (Å²) in [5.74, 6) is 1.79. The number of hydrogen-bond acceptors (Lipinski definition) is 6. The van der Waals surface area contributed by atoms with E-state index in [1.165, 1.54) is 10.4 Å². The van der Waals surface area contributed by atoms with Crippen molar-refractivity contribution >= 4 is 17.2 Å². The number of nitrogens with zero attached hydrogens (tertiary/aromatic N) is 2. The van der Waals surface area contributed by atoms with Crippen LogP contribution in [0.2, 0.25) is 0 Å². The molecule has 3 heterocycles. The van der Waals surface area contributed by atoms with E-state index in [2.05, 4.69) is 38.7 Å². The lowest BCUT2D eigenvalue weighted by Crippen LogP contribution is -2.49. The topological polar surface area (TPSA) is 54.0 Å². The Morgan fingerprint density at radius 2 is 1.89 bits per heavy atom. The Labute approximate surface area is 163 Å². The van der Waals surface area contributed by atoms with Gasteiger partial charge in [0.15, 0.2) is 11.5 Å². The number of piperazine rings is 1. The van der Waals surface area contributed by atoms with Gasteiger partial charge in [0.25, 0.3) is 0 Å². The standard InChI is InChI=1S/C20H25N3O3S/c24-20(21-6-5-17-2-1-11-27-17)14-23-9-7-22(8-10-23)13-16-3-4-18-19(12-16)26-15-25-18/h1-4,11-12H,5-10,13-15H2,(H,21,24). The van der Waals surface area contributed by atoms with Crippen molar-refractivity contribution < 1.29 is 14.3 Å². The molecule has 7 heteroatoms. The predicted octanol–water partition coefficient (Wildman–Crippen LogP) is 1.95.